The Labute approximate surface area is 82.1 Å². The van der Waals surface area contributed by atoms with E-state index in [1.54, 1.807) is 17.1 Å². The van der Waals surface area contributed by atoms with E-state index in [0.717, 1.165) is 0 Å². The Kier molecular flexibility index (Phi) is 3.84. The van der Waals surface area contributed by atoms with Gasteiger partial charge in [-0.05, 0) is 6.92 Å². The van der Waals surface area contributed by atoms with Crippen molar-refractivity contribution in [2.45, 2.75) is 19.9 Å². The van der Waals surface area contributed by atoms with E-state index in [2.05, 4.69) is 10.3 Å². The third-order valence-corrected chi connectivity index (χ3v) is 1.74. The first kappa shape index (κ1) is 10.4. The van der Waals surface area contributed by atoms with Gasteiger partial charge in [-0.15, -0.1) is 0 Å². The molecule has 0 aliphatic rings. The maximum Gasteiger partial charge on any atom is 0.221 e. The first-order valence-electron chi connectivity index (χ1n) is 4.50. The van der Waals surface area contributed by atoms with Crippen molar-refractivity contribution in [2.24, 2.45) is 0 Å². The SMILES string of the molecule is CCNC(=O)CCn1cnc(C=O)c1. The number of amides is 1. The van der Waals surface area contributed by atoms with Gasteiger partial charge >= 0.3 is 0 Å². The molecule has 0 fully saturated rings. The van der Waals surface area contributed by atoms with Crippen LogP contribution >= 0.6 is 0 Å². The zero-order chi connectivity index (χ0) is 10.4. The van der Waals surface area contributed by atoms with Crippen LogP contribution in [0.25, 0.3) is 0 Å². The van der Waals surface area contributed by atoms with Gasteiger partial charge in [0.05, 0.1) is 6.33 Å². The Morgan fingerprint density at radius 3 is 3.07 bits per heavy atom. The number of hydrogen-bond acceptors (Lipinski definition) is 3. The fourth-order valence-electron chi connectivity index (χ4n) is 1.08. The van der Waals surface area contributed by atoms with Crippen molar-refractivity contribution < 1.29 is 9.59 Å². The predicted octanol–water partition coefficient (Wildman–Crippen LogP) is 0.222. The number of nitrogens with zero attached hydrogens (tertiary/aromatic N) is 2. The molecule has 1 N–H and O–H groups in total. The normalized spacial score (nSPS) is 9.79. The smallest absolute Gasteiger partial charge is 0.221 e. The predicted molar refractivity (Wildman–Crippen MR) is 50.9 cm³/mol. The molecule has 1 aromatic heterocycles. The van der Waals surface area contributed by atoms with Crippen LogP contribution < -0.4 is 5.32 Å². The average Bonchev–Trinajstić information content (AvgIpc) is 2.63. The minimum atomic E-state index is 0.00820. The fourth-order valence-corrected chi connectivity index (χ4v) is 1.08. The molecule has 1 heterocycles. The van der Waals surface area contributed by atoms with Crippen molar-refractivity contribution in [2.75, 3.05) is 6.54 Å². The summed E-state index contributed by atoms with van der Waals surface area (Å²) in [5.74, 6) is 0.00820. The van der Waals surface area contributed by atoms with Crippen LogP contribution in [0.1, 0.15) is 23.8 Å². The molecule has 1 amide bonds. The summed E-state index contributed by atoms with van der Waals surface area (Å²) in [5.41, 5.74) is 0.390. The van der Waals surface area contributed by atoms with Crippen LogP contribution in [0.15, 0.2) is 12.5 Å². The molecule has 76 valence electrons. The van der Waals surface area contributed by atoms with Crippen LogP contribution in [0.5, 0.6) is 0 Å². The molecule has 0 saturated carbocycles. The highest BCUT2D eigenvalue weighted by atomic mass is 16.1. The van der Waals surface area contributed by atoms with Crippen molar-refractivity contribution in [3.05, 3.63) is 18.2 Å². The van der Waals surface area contributed by atoms with Gasteiger partial charge in [0.2, 0.25) is 5.91 Å². The number of aromatic nitrogens is 2. The molecule has 0 aliphatic heterocycles. The first-order chi connectivity index (χ1) is 6.76. The third kappa shape index (κ3) is 3.01. The van der Waals surface area contributed by atoms with E-state index >= 15 is 0 Å². The van der Waals surface area contributed by atoms with Crippen LogP contribution in [0.2, 0.25) is 0 Å². The highest BCUT2D eigenvalue weighted by molar-refractivity contribution is 5.75. The number of aldehydes is 1. The Bertz CT molecular complexity index is 320. The molecule has 5 heteroatoms. The molecule has 0 aliphatic carbocycles. The van der Waals surface area contributed by atoms with Crippen LogP contribution in [0, 0.1) is 0 Å². The summed E-state index contributed by atoms with van der Waals surface area (Å²) in [6, 6.07) is 0. The van der Waals surface area contributed by atoms with E-state index in [9.17, 15) is 9.59 Å². The maximum absolute atomic E-state index is 11.1. The Morgan fingerprint density at radius 1 is 1.71 bits per heavy atom. The molecular formula is C9H13N3O2. The topological polar surface area (TPSA) is 64.0 Å². The van der Waals surface area contributed by atoms with Gasteiger partial charge in [0, 0.05) is 25.7 Å². The summed E-state index contributed by atoms with van der Waals surface area (Å²) in [6.07, 6.45) is 4.25. The van der Waals surface area contributed by atoms with E-state index in [0.29, 0.717) is 31.5 Å². The van der Waals surface area contributed by atoms with Crippen molar-refractivity contribution in [3.63, 3.8) is 0 Å². The summed E-state index contributed by atoms with van der Waals surface area (Å²) in [7, 11) is 0. The molecule has 0 spiro atoms. The molecule has 1 aromatic rings. The van der Waals surface area contributed by atoms with Crippen LogP contribution in [-0.4, -0.2) is 28.3 Å². The molecule has 5 nitrogen and oxygen atoms in total. The molecular weight excluding hydrogens is 182 g/mol. The van der Waals surface area contributed by atoms with Gasteiger partial charge < -0.3 is 9.88 Å². The highest BCUT2D eigenvalue weighted by Gasteiger charge is 2.01. The summed E-state index contributed by atoms with van der Waals surface area (Å²) in [5, 5.41) is 2.69. The van der Waals surface area contributed by atoms with E-state index in [1.165, 1.54) is 0 Å². The molecule has 0 radical (unpaired) electrons. The second kappa shape index (κ2) is 5.16. The molecule has 0 aromatic carbocycles. The van der Waals surface area contributed by atoms with Crippen molar-refractivity contribution >= 4 is 12.2 Å². The number of rotatable bonds is 5. The van der Waals surface area contributed by atoms with Crippen molar-refractivity contribution in [1.29, 1.82) is 0 Å². The first-order valence-corrected chi connectivity index (χ1v) is 4.50. The molecule has 0 saturated heterocycles. The highest BCUT2D eigenvalue weighted by Crippen LogP contribution is 1.94. The zero-order valence-corrected chi connectivity index (χ0v) is 8.06. The van der Waals surface area contributed by atoms with E-state index in [-0.39, 0.29) is 5.91 Å². The largest absolute Gasteiger partial charge is 0.356 e. The lowest BCUT2D eigenvalue weighted by molar-refractivity contribution is -0.121. The van der Waals surface area contributed by atoms with E-state index in [1.807, 2.05) is 6.92 Å². The molecule has 0 atom stereocenters. The molecule has 0 unspecified atom stereocenters. The van der Waals surface area contributed by atoms with Gasteiger partial charge in [0.15, 0.2) is 6.29 Å². The minimum absolute atomic E-state index is 0.00820. The lowest BCUT2D eigenvalue weighted by Crippen LogP contribution is -2.23. The second-order valence-electron chi connectivity index (χ2n) is 2.86. The van der Waals surface area contributed by atoms with Crippen molar-refractivity contribution in [3.8, 4) is 0 Å². The number of hydrogen-bond donors (Lipinski definition) is 1. The Balaban J connectivity index is 2.37. The Hall–Kier alpha value is -1.65. The number of carbonyl (C=O) groups excluding carboxylic acids is 2. The number of imidazole rings is 1. The monoisotopic (exact) mass is 195 g/mol. The quantitative estimate of drug-likeness (QED) is 0.684. The third-order valence-electron chi connectivity index (χ3n) is 1.74. The van der Waals surface area contributed by atoms with E-state index < -0.39 is 0 Å². The molecule has 14 heavy (non-hydrogen) atoms. The number of carbonyl (C=O) groups is 2. The van der Waals surface area contributed by atoms with Gasteiger partial charge in [-0.25, -0.2) is 4.98 Å². The maximum atomic E-state index is 11.1. The zero-order valence-electron chi connectivity index (χ0n) is 8.06. The lowest BCUT2D eigenvalue weighted by atomic mass is 10.4. The summed E-state index contributed by atoms with van der Waals surface area (Å²) >= 11 is 0. The van der Waals surface area contributed by atoms with E-state index in [4.69, 9.17) is 0 Å². The number of nitrogens with one attached hydrogen (secondary N) is 1. The lowest BCUT2D eigenvalue weighted by Gasteiger charge is -2.01. The minimum Gasteiger partial charge on any atom is -0.356 e. The van der Waals surface area contributed by atoms with Crippen molar-refractivity contribution in [1.82, 2.24) is 14.9 Å². The fraction of sp³-hybridized carbons (Fsp3) is 0.444. The van der Waals surface area contributed by atoms with Gasteiger partial charge in [-0.2, -0.15) is 0 Å². The Morgan fingerprint density at radius 2 is 2.50 bits per heavy atom. The van der Waals surface area contributed by atoms with Crippen LogP contribution in [-0.2, 0) is 11.3 Å². The van der Waals surface area contributed by atoms with Gasteiger partial charge in [0.25, 0.3) is 0 Å². The molecule has 0 bridgehead atoms. The number of aryl methyl sites for hydroxylation is 1. The summed E-state index contributed by atoms with van der Waals surface area (Å²) in [4.78, 5) is 25.2. The van der Waals surface area contributed by atoms with Gasteiger partial charge in [-0.3, -0.25) is 9.59 Å². The van der Waals surface area contributed by atoms with Gasteiger partial charge in [0.1, 0.15) is 5.69 Å². The summed E-state index contributed by atoms with van der Waals surface area (Å²) in [6.45, 7) is 3.06. The standard InChI is InChI=1S/C9H13N3O2/c1-2-10-9(14)3-4-12-5-8(6-13)11-7-12/h5-7H,2-4H2,1H3,(H,10,14). The average molecular weight is 195 g/mol. The van der Waals surface area contributed by atoms with Crippen LogP contribution in [0.4, 0.5) is 0 Å². The molecule has 1 rings (SSSR count). The van der Waals surface area contributed by atoms with Crippen LogP contribution in [0.3, 0.4) is 0 Å². The summed E-state index contributed by atoms with van der Waals surface area (Å²) < 4.78 is 1.72. The van der Waals surface area contributed by atoms with Gasteiger partial charge in [-0.1, -0.05) is 0 Å². The second-order valence-corrected chi connectivity index (χ2v) is 2.86.